The van der Waals surface area contributed by atoms with Crippen molar-refractivity contribution in [2.75, 3.05) is 5.32 Å². The maximum absolute atomic E-state index is 12.6. The van der Waals surface area contributed by atoms with Crippen molar-refractivity contribution >= 4 is 17.2 Å². The average molecular weight is 300 g/mol. The van der Waals surface area contributed by atoms with Crippen LogP contribution in [0.15, 0.2) is 24.4 Å². The van der Waals surface area contributed by atoms with Gasteiger partial charge in [0, 0.05) is 16.0 Å². The minimum Gasteiger partial charge on any atom is -0.364 e. The van der Waals surface area contributed by atoms with E-state index >= 15 is 0 Å². The van der Waals surface area contributed by atoms with E-state index in [1.54, 1.807) is 11.3 Å². The number of anilines is 1. The first-order valence-electron chi connectivity index (χ1n) is 6.14. The van der Waals surface area contributed by atoms with Crippen molar-refractivity contribution in [3.8, 4) is 0 Å². The van der Waals surface area contributed by atoms with E-state index in [0.717, 1.165) is 22.6 Å². The number of hydrogen-bond donors (Lipinski definition) is 1. The van der Waals surface area contributed by atoms with Crippen LogP contribution in [-0.4, -0.2) is 4.98 Å². The monoisotopic (exact) mass is 300 g/mol. The number of alkyl halides is 3. The van der Waals surface area contributed by atoms with Gasteiger partial charge in [0.2, 0.25) is 0 Å². The standard InChI is InChI=1S/C14H15F3N2S/c1-8-6-12(10(3)20-8)9(2)19-13-7-11(4-5-18-13)14(15,16)17/h4-7,9H,1-3H3,(H,18,19). The van der Waals surface area contributed by atoms with Crippen LogP contribution in [0, 0.1) is 13.8 Å². The van der Waals surface area contributed by atoms with Crippen molar-refractivity contribution in [1.29, 1.82) is 0 Å². The minimum absolute atomic E-state index is 0.0871. The lowest BCUT2D eigenvalue weighted by molar-refractivity contribution is -0.137. The van der Waals surface area contributed by atoms with Crippen molar-refractivity contribution < 1.29 is 13.2 Å². The summed E-state index contributed by atoms with van der Waals surface area (Å²) in [5.74, 6) is 0.232. The van der Waals surface area contributed by atoms with E-state index in [9.17, 15) is 13.2 Å². The van der Waals surface area contributed by atoms with Gasteiger partial charge in [0.1, 0.15) is 5.82 Å². The van der Waals surface area contributed by atoms with E-state index in [1.165, 1.54) is 11.1 Å². The van der Waals surface area contributed by atoms with Gasteiger partial charge in [-0.25, -0.2) is 4.98 Å². The highest BCUT2D eigenvalue weighted by molar-refractivity contribution is 7.12. The molecule has 0 saturated carbocycles. The molecule has 0 aromatic carbocycles. The van der Waals surface area contributed by atoms with Crippen LogP contribution in [0.4, 0.5) is 19.0 Å². The summed E-state index contributed by atoms with van der Waals surface area (Å²) < 4.78 is 37.9. The summed E-state index contributed by atoms with van der Waals surface area (Å²) in [5.41, 5.74) is 0.395. The molecule has 0 bridgehead atoms. The van der Waals surface area contributed by atoms with Crippen LogP contribution in [-0.2, 0) is 6.18 Å². The smallest absolute Gasteiger partial charge is 0.364 e. The third-order valence-corrected chi connectivity index (χ3v) is 3.98. The Labute approximate surface area is 119 Å². The lowest BCUT2D eigenvalue weighted by Gasteiger charge is -2.15. The zero-order chi connectivity index (χ0) is 14.9. The topological polar surface area (TPSA) is 24.9 Å². The van der Waals surface area contributed by atoms with Gasteiger partial charge in [-0.1, -0.05) is 0 Å². The van der Waals surface area contributed by atoms with Crippen LogP contribution in [0.25, 0.3) is 0 Å². The highest BCUT2D eigenvalue weighted by Crippen LogP contribution is 2.32. The molecule has 1 unspecified atom stereocenters. The summed E-state index contributed by atoms with van der Waals surface area (Å²) in [5, 5.41) is 3.02. The molecular formula is C14H15F3N2S. The third kappa shape index (κ3) is 3.30. The molecule has 2 aromatic heterocycles. The molecule has 0 aliphatic rings. The summed E-state index contributed by atoms with van der Waals surface area (Å²) in [6.07, 6.45) is -3.18. The Balaban J connectivity index is 2.20. The summed E-state index contributed by atoms with van der Waals surface area (Å²) in [6, 6.07) is 3.96. The second-order valence-corrected chi connectivity index (χ2v) is 6.12. The molecule has 0 aliphatic carbocycles. The molecule has 0 radical (unpaired) electrons. The maximum atomic E-state index is 12.6. The van der Waals surface area contributed by atoms with Gasteiger partial charge in [-0.2, -0.15) is 13.2 Å². The van der Waals surface area contributed by atoms with Gasteiger partial charge in [0.25, 0.3) is 0 Å². The highest BCUT2D eigenvalue weighted by Gasteiger charge is 2.30. The molecule has 0 aliphatic heterocycles. The van der Waals surface area contributed by atoms with Crippen LogP contribution < -0.4 is 5.32 Å². The largest absolute Gasteiger partial charge is 0.416 e. The van der Waals surface area contributed by atoms with E-state index in [4.69, 9.17) is 0 Å². The molecule has 2 rings (SSSR count). The second kappa shape index (κ2) is 5.44. The number of thiophene rings is 1. The van der Waals surface area contributed by atoms with E-state index in [0.29, 0.717) is 0 Å². The fraction of sp³-hybridized carbons (Fsp3) is 0.357. The van der Waals surface area contributed by atoms with Crippen LogP contribution in [0.5, 0.6) is 0 Å². The first-order chi connectivity index (χ1) is 9.27. The molecule has 0 saturated heterocycles. The number of aromatic nitrogens is 1. The van der Waals surface area contributed by atoms with Gasteiger partial charge in [0.15, 0.2) is 0 Å². The number of pyridine rings is 1. The first-order valence-corrected chi connectivity index (χ1v) is 6.95. The zero-order valence-electron chi connectivity index (χ0n) is 11.4. The van der Waals surface area contributed by atoms with E-state index in [1.807, 2.05) is 26.8 Å². The number of hydrogen-bond acceptors (Lipinski definition) is 3. The Morgan fingerprint density at radius 3 is 2.50 bits per heavy atom. The molecule has 20 heavy (non-hydrogen) atoms. The molecular weight excluding hydrogens is 285 g/mol. The number of nitrogens with zero attached hydrogens (tertiary/aromatic N) is 1. The normalized spacial score (nSPS) is 13.3. The summed E-state index contributed by atoms with van der Waals surface area (Å²) in [7, 11) is 0. The van der Waals surface area contributed by atoms with Crippen LogP contribution >= 0.6 is 11.3 Å². The van der Waals surface area contributed by atoms with E-state index < -0.39 is 11.7 Å². The maximum Gasteiger partial charge on any atom is 0.416 e. The van der Waals surface area contributed by atoms with Crippen LogP contribution in [0.2, 0.25) is 0 Å². The average Bonchev–Trinajstić information content (AvgIpc) is 2.68. The van der Waals surface area contributed by atoms with Gasteiger partial charge < -0.3 is 5.32 Å². The Morgan fingerprint density at radius 2 is 1.95 bits per heavy atom. The predicted octanol–water partition coefficient (Wildman–Crippen LogP) is 4.95. The molecule has 2 heterocycles. The molecule has 1 N–H and O–H groups in total. The van der Waals surface area contributed by atoms with Gasteiger partial charge in [-0.05, 0) is 44.5 Å². The van der Waals surface area contributed by atoms with Gasteiger partial charge >= 0.3 is 6.18 Å². The van der Waals surface area contributed by atoms with Crippen molar-refractivity contribution in [2.45, 2.75) is 33.0 Å². The van der Waals surface area contributed by atoms with Crippen LogP contribution in [0.1, 0.15) is 33.8 Å². The van der Waals surface area contributed by atoms with E-state index in [2.05, 4.69) is 10.3 Å². The third-order valence-electron chi connectivity index (χ3n) is 3.00. The predicted molar refractivity (Wildman–Crippen MR) is 75.1 cm³/mol. The molecule has 2 nitrogen and oxygen atoms in total. The fourth-order valence-electron chi connectivity index (χ4n) is 2.07. The molecule has 0 fully saturated rings. The summed E-state index contributed by atoms with van der Waals surface area (Å²) >= 11 is 1.68. The molecule has 0 spiro atoms. The lowest BCUT2D eigenvalue weighted by Crippen LogP contribution is -2.10. The minimum atomic E-state index is -4.35. The summed E-state index contributed by atoms with van der Waals surface area (Å²) in [4.78, 5) is 6.29. The van der Waals surface area contributed by atoms with Crippen LogP contribution in [0.3, 0.4) is 0 Å². The Bertz CT molecular complexity index is 605. The summed E-state index contributed by atoms with van der Waals surface area (Å²) in [6.45, 7) is 5.93. The lowest BCUT2D eigenvalue weighted by atomic mass is 10.1. The fourth-order valence-corrected chi connectivity index (χ4v) is 3.09. The first kappa shape index (κ1) is 14.8. The highest BCUT2D eigenvalue weighted by atomic mass is 32.1. The Hall–Kier alpha value is -1.56. The number of halogens is 3. The molecule has 1 atom stereocenters. The molecule has 6 heteroatoms. The van der Waals surface area contributed by atoms with Crippen molar-refractivity contribution in [3.63, 3.8) is 0 Å². The van der Waals surface area contributed by atoms with Gasteiger partial charge in [0.05, 0.1) is 11.6 Å². The van der Waals surface area contributed by atoms with Crippen molar-refractivity contribution in [3.05, 3.63) is 45.3 Å². The van der Waals surface area contributed by atoms with Gasteiger partial charge in [-0.3, -0.25) is 0 Å². The SMILES string of the molecule is Cc1cc(C(C)Nc2cc(C(F)(F)F)ccn2)c(C)s1. The molecule has 2 aromatic rings. The second-order valence-electron chi connectivity index (χ2n) is 4.66. The van der Waals surface area contributed by atoms with E-state index in [-0.39, 0.29) is 11.9 Å². The Kier molecular flexibility index (Phi) is 4.04. The number of rotatable bonds is 3. The Morgan fingerprint density at radius 1 is 1.25 bits per heavy atom. The van der Waals surface area contributed by atoms with Crippen molar-refractivity contribution in [1.82, 2.24) is 4.98 Å². The number of nitrogens with one attached hydrogen (secondary N) is 1. The molecule has 0 amide bonds. The quantitative estimate of drug-likeness (QED) is 0.867. The van der Waals surface area contributed by atoms with Crippen molar-refractivity contribution in [2.24, 2.45) is 0 Å². The zero-order valence-corrected chi connectivity index (χ0v) is 12.2. The molecule has 108 valence electrons. The number of aryl methyl sites for hydroxylation is 2. The van der Waals surface area contributed by atoms with Gasteiger partial charge in [-0.15, -0.1) is 11.3 Å².